The second kappa shape index (κ2) is 22.9. The molecule has 0 N–H and O–H groups in total. The number of ether oxygens (including phenoxy) is 2. The Labute approximate surface area is 198 Å². The monoisotopic (exact) mass is 452 g/mol. The fourth-order valence-corrected chi connectivity index (χ4v) is 3.45. The van der Waals surface area contributed by atoms with E-state index in [2.05, 4.69) is 12.2 Å². The average Bonchev–Trinajstić information content (AvgIpc) is 2.77. The Morgan fingerprint density at radius 1 is 0.562 bits per heavy atom. The van der Waals surface area contributed by atoms with Gasteiger partial charge in [-0.25, -0.2) is 0 Å². The highest BCUT2D eigenvalue weighted by atomic mass is 16.5. The standard InChI is InChI=1S/C28H52O4/c1-5-25(3)31-27(29)23-21-19-17-15-13-11-9-7-8-10-12-14-16-18-20-22-24-28(30)32-26(4)6-2/h7-8,25-26H,5-6,9-24H2,1-4H3/b8-7+. The molecular formula is C28H52O4. The first-order valence-electron chi connectivity index (χ1n) is 13.5. The van der Waals surface area contributed by atoms with Crippen LogP contribution in [0.3, 0.4) is 0 Å². The van der Waals surface area contributed by atoms with Crippen molar-refractivity contribution in [1.82, 2.24) is 0 Å². The van der Waals surface area contributed by atoms with E-state index in [4.69, 9.17) is 9.47 Å². The van der Waals surface area contributed by atoms with E-state index >= 15 is 0 Å². The largest absolute Gasteiger partial charge is 0.463 e. The maximum atomic E-state index is 11.6. The lowest BCUT2D eigenvalue weighted by atomic mass is 10.1. The van der Waals surface area contributed by atoms with Crippen molar-refractivity contribution < 1.29 is 19.1 Å². The molecule has 0 heterocycles. The number of carbonyl (C=O) groups excluding carboxylic acids is 2. The molecule has 188 valence electrons. The summed E-state index contributed by atoms with van der Waals surface area (Å²) in [4.78, 5) is 23.2. The summed E-state index contributed by atoms with van der Waals surface area (Å²) in [5.74, 6) is -0.0767. The molecule has 0 aliphatic heterocycles. The Morgan fingerprint density at radius 2 is 0.875 bits per heavy atom. The summed E-state index contributed by atoms with van der Waals surface area (Å²) in [6.07, 6.45) is 24.4. The number of rotatable bonds is 22. The lowest BCUT2D eigenvalue weighted by molar-refractivity contribution is -0.149. The molecule has 2 unspecified atom stereocenters. The first-order chi connectivity index (χ1) is 15.5. The third-order valence-electron chi connectivity index (χ3n) is 5.99. The Balaban J connectivity index is 3.28. The molecule has 4 nitrogen and oxygen atoms in total. The van der Waals surface area contributed by atoms with Gasteiger partial charge in [0.25, 0.3) is 0 Å². The van der Waals surface area contributed by atoms with Crippen LogP contribution < -0.4 is 0 Å². The predicted octanol–water partition coefficient (Wildman–Crippen LogP) is 8.47. The van der Waals surface area contributed by atoms with Gasteiger partial charge in [0.1, 0.15) is 0 Å². The summed E-state index contributed by atoms with van der Waals surface area (Å²) < 4.78 is 10.6. The molecule has 0 aliphatic rings. The van der Waals surface area contributed by atoms with Crippen LogP contribution in [0.15, 0.2) is 12.2 Å². The van der Waals surface area contributed by atoms with Gasteiger partial charge in [-0.3, -0.25) is 9.59 Å². The molecule has 0 bridgehead atoms. The van der Waals surface area contributed by atoms with Crippen LogP contribution in [0.4, 0.5) is 0 Å². The first kappa shape index (κ1) is 30.7. The van der Waals surface area contributed by atoms with Crippen LogP contribution in [0.25, 0.3) is 0 Å². The molecule has 0 aromatic rings. The quantitative estimate of drug-likeness (QED) is 0.0938. The smallest absolute Gasteiger partial charge is 0.306 e. The van der Waals surface area contributed by atoms with E-state index in [0.29, 0.717) is 12.8 Å². The molecule has 0 aliphatic carbocycles. The van der Waals surface area contributed by atoms with Gasteiger partial charge in [0.2, 0.25) is 0 Å². The Hall–Kier alpha value is -1.32. The van der Waals surface area contributed by atoms with E-state index in [0.717, 1.165) is 38.5 Å². The topological polar surface area (TPSA) is 52.6 Å². The van der Waals surface area contributed by atoms with E-state index in [-0.39, 0.29) is 24.1 Å². The summed E-state index contributed by atoms with van der Waals surface area (Å²) in [7, 11) is 0. The Kier molecular flexibility index (Phi) is 21.9. The molecule has 0 spiro atoms. The van der Waals surface area contributed by atoms with Gasteiger partial charge in [-0.05, 0) is 65.2 Å². The number of carbonyl (C=O) groups is 2. The van der Waals surface area contributed by atoms with E-state index < -0.39 is 0 Å². The van der Waals surface area contributed by atoms with Crippen LogP contribution in [-0.2, 0) is 19.1 Å². The SMILES string of the molecule is CCC(C)OC(=O)CCCCCCCC/C=C/CCCCCCCCC(=O)OC(C)CC. The van der Waals surface area contributed by atoms with Crippen LogP contribution in [0.5, 0.6) is 0 Å². The van der Waals surface area contributed by atoms with Gasteiger partial charge in [-0.1, -0.05) is 77.4 Å². The van der Waals surface area contributed by atoms with Gasteiger partial charge in [0.05, 0.1) is 12.2 Å². The maximum Gasteiger partial charge on any atom is 0.306 e. The molecule has 4 heteroatoms. The van der Waals surface area contributed by atoms with Crippen molar-refractivity contribution in [2.24, 2.45) is 0 Å². The van der Waals surface area contributed by atoms with Crippen molar-refractivity contribution >= 4 is 11.9 Å². The zero-order chi connectivity index (χ0) is 23.9. The lowest BCUT2D eigenvalue weighted by Crippen LogP contribution is -2.13. The Morgan fingerprint density at radius 3 is 1.22 bits per heavy atom. The third-order valence-corrected chi connectivity index (χ3v) is 5.99. The van der Waals surface area contributed by atoms with Crippen LogP contribution >= 0.6 is 0 Å². The number of allylic oxidation sites excluding steroid dienone is 2. The van der Waals surface area contributed by atoms with Crippen molar-refractivity contribution in [1.29, 1.82) is 0 Å². The van der Waals surface area contributed by atoms with Crippen LogP contribution in [0, 0.1) is 0 Å². The molecule has 0 saturated heterocycles. The molecule has 0 amide bonds. The summed E-state index contributed by atoms with van der Waals surface area (Å²) in [5, 5.41) is 0. The fourth-order valence-electron chi connectivity index (χ4n) is 3.45. The second-order valence-electron chi connectivity index (χ2n) is 9.21. The Bertz CT molecular complexity index is 430. The minimum atomic E-state index is -0.0384. The van der Waals surface area contributed by atoms with Crippen molar-refractivity contribution in [3.05, 3.63) is 12.2 Å². The van der Waals surface area contributed by atoms with Crippen LogP contribution in [0.1, 0.15) is 143 Å². The van der Waals surface area contributed by atoms with Crippen molar-refractivity contribution in [3.63, 3.8) is 0 Å². The van der Waals surface area contributed by atoms with Crippen LogP contribution in [0.2, 0.25) is 0 Å². The predicted molar refractivity (Wildman–Crippen MR) is 135 cm³/mol. The highest BCUT2D eigenvalue weighted by Gasteiger charge is 2.07. The molecule has 32 heavy (non-hydrogen) atoms. The van der Waals surface area contributed by atoms with Gasteiger partial charge in [0.15, 0.2) is 0 Å². The van der Waals surface area contributed by atoms with E-state index in [1.165, 1.54) is 64.2 Å². The van der Waals surface area contributed by atoms with Crippen molar-refractivity contribution in [2.75, 3.05) is 0 Å². The molecule has 2 atom stereocenters. The summed E-state index contributed by atoms with van der Waals surface area (Å²) in [5.41, 5.74) is 0. The molecule has 0 saturated carbocycles. The third kappa shape index (κ3) is 21.9. The van der Waals surface area contributed by atoms with Gasteiger partial charge in [-0.15, -0.1) is 0 Å². The number of unbranched alkanes of at least 4 members (excludes halogenated alkanes) is 12. The highest BCUT2D eigenvalue weighted by Crippen LogP contribution is 2.12. The zero-order valence-corrected chi connectivity index (χ0v) is 21.7. The average molecular weight is 453 g/mol. The van der Waals surface area contributed by atoms with E-state index in [1.54, 1.807) is 0 Å². The number of hydrogen-bond acceptors (Lipinski definition) is 4. The van der Waals surface area contributed by atoms with Gasteiger partial charge in [0, 0.05) is 12.8 Å². The van der Waals surface area contributed by atoms with Gasteiger partial charge in [-0.2, -0.15) is 0 Å². The molecule has 0 radical (unpaired) electrons. The van der Waals surface area contributed by atoms with E-state index in [9.17, 15) is 9.59 Å². The first-order valence-corrected chi connectivity index (χ1v) is 13.5. The minimum Gasteiger partial charge on any atom is -0.463 e. The molecule has 0 aromatic carbocycles. The fraction of sp³-hybridized carbons (Fsp3) is 0.857. The van der Waals surface area contributed by atoms with Gasteiger partial charge < -0.3 is 9.47 Å². The summed E-state index contributed by atoms with van der Waals surface area (Å²) in [6, 6.07) is 0. The molecule has 0 rings (SSSR count). The summed E-state index contributed by atoms with van der Waals surface area (Å²) in [6.45, 7) is 7.97. The zero-order valence-electron chi connectivity index (χ0n) is 21.7. The van der Waals surface area contributed by atoms with Crippen LogP contribution in [-0.4, -0.2) is 24.1 Å². The van der Waals surface area contributed by atoms with E-state index in [1.807, 2.05) is 27.7 Å². The summed E-state index contributed by atoms with van der Waals surface area (Å²) >= 11 is 0. The second-order valence-corrected chi connectivity index (χ2v) is 9.21. The van der Waals surface area contributed by atoms with Crippen molar-refractivity contribution in [3.8, 4) is 0 Å². The lowest BCUT2D eigenvalue weighted by Gasteiger charge is -2.10. The molecule has 0 aromatic heterocycles. The maximum absolute atomic E-state index is 11.6. The highest BCUT2D eigenvalue weighted by molar-refractivity contribution is 5.69. The number of esters is 2. The molecule has 0 fully saturated rings. The van der Waals surface area contributed by atoms with Crippen molar-refractivity contribution in [2.45, 2.75) is 155 Å². The molecular weight excluding hydrogens is 400 g/mol. The van der Waals surface area contributed by atoms with Gasteiger partial charge >= 0.3 is 11.9 Å². The normalized spacial score (nSPS) is 13.2. The minimum absolute atomic E-state index is 0.0384. The number of hydrogen-bond donors (Lipinski definition) is 0.